The Hall–Kier alpha value is -1.75. The van der Waals surface area contributed by atoms with Crippen LogP contribution in [-0.4, -0.2) is 15.2 Å². The molecule has 72 valence electrons. The van der Waals surface area contributed by atoms with Crippen molar-refractivity contribution in [2.75, 3.05) is 5.73 Å². The van der Waals surface area contributed by atoms with Crippen molar-refractivity contribution >= 4 is 17.4 Å². The Labute approximate surface area is 84.9 Å². The van der Waals surface area contributed by atoms with Crippen molar-refractivity contribution in [2.45, 2.75) is 0 Å². The lowest BCUT2D eigenvalue weighted by molar-refractivity contribution is 0.443. The highest BCUT2D eigenvalue weighted by atomic mass is 35.5. The number of halogens is 1. The highest BCUT2D eigenvalue weighted by Crippen LogP contribution is 2.29. The van der Waals surface area contributed by atoms with Crippen molar-refractivity contribution < 1.29 is 4.74 Å². The number of hydrogen-bond donors (Lipinski definition) is 2. The van der Waals surface area contributed by atoms with E-state index in [0.29, 0.717) is 5.88 Å². The molecule has 2 aromatic rings. The van der Waals surface area contributed by atoms with Crippen LogP contribution >= 0.6 is 11.6 Å². The molecule has 0 spiro atoms. The Morgan fingerprint density at radius 3 is 2.86 bits per heavy atom. The van der Waals surface area contributed by atoms with Crippen LogP contribution in [0.3, 0.4) is 0 Å². The fourth-order valence-corrected chi connectivity index (χ4v) is 1.02. The first-order valence-electron chi connectivity index (χ1n) is 3.85. The lowest BCUT2D eigenvalue weighted by atomic mass is 10.5. The molecule has 2 heterocycles. The number of nitrogens with zero attached hydrogens (tertiary/aromatic N) is 2. The standard InChI is InChI=1S/C8H7ClN4O/c9-6-7(10)12-13-8(6)14-5-3-1-2-4-11-5/h1-4H,(H3,10,12,13). The predicted molar refractivity (Wildman–Crippen MR) is 52.3 cm³/mol. The third-order valence-electron chi connectivity index (χ3n) is 1.54. The number of nitrogen functional groups attached to an aromatic ring is 1. The third-order valence-corrected chi connectivity index (χ3v) is 1.91. The molecule has 14 heavy (non-hydrogen) atoms. The molecule has 2 rings (SSSR count). The Morgan fingerprint density at radius 2 is 2.29 bits per heavy atom. The average Bonchev–Trinajstić information content (AvgIpc) is 2.52. The number of anilines is 1. The largest absolute Gasteiger partial charge is 0.417 e. The second kappa shape index (κ2) is 3.55. The van der Waals surface area contributed by atoms with Crippen LogP contribution in [0.2, 0.25) is 5.02 Å². The molecule has 0 fully saturated rings. The summed E-state index contributed by atoms with van der Waals surface area (Å²) in [4.78, 5) is 3.95. The predicted octanol–water partition coefficient (Wildman–Crippen LogP) is 1.83. The first kappa shape index (κ1) is 8.83. The number of aromatic nitrogens is 3. The summed E-state index contributed by atoms with van der Waals surface area (Å²) in [5.41, 5.74) is 5.44. The number of rotatable bonds is 2. The molecule has 0 unspecified atom stereocenters. The van der Waals surface area contributed by atoms with E-state index >= 15 is 0 Å². The van der Waals surface area contributed by atoms with Crippen molar-refractivity contribution in [3.05, 3.63) is 29.4 Å². The maximum atomic E-state index is 5.79. The number of H-pyrrole nitrogens is 1. The number of ether oxygens (including phenoxy) is 1. The summed E-state index contributed by atoms with van der Waals surface area (Å²) in [6.45, 7) is 0. The second-order valence-corrected chi connectivity index (χ2v) is 2.90. The smallest absolute Gasteiger partial charge is 0.260 e. The van der Waals surface area contributed by atoms with Gasteiger partial charge in [-0.15, -0.1) is 5.10 Å². The normalized spacial score (nSPS) is 10.1. The summed E-state index contributed by atoms with van der Waals surface area (Å²) in [6.07, 6.45) is 1.61. The summed E-state index contributed by atoms with van der Waals surface area (Å²) in [7, 11) is 0. The van der Waals surface area contributed by atoms with Gasteiger partial charge >= 0.3 is 0 Å². The molecule has 0 aliphatic carbocycles. The van der Waals surface area contributed by atoms with Gasteiger partial charge < -0.3 is 10.5 Å². The van der Waals surface area contributed by atoms with Gasteiger partial charge in [-0.1, -0.05) is 17.7 Å². The molecule has 0 aliphatic rings. The third kappa shape index (κ3) is 1.62. The molecule has 0 aliphatic heterocycles. The zero-order valence-electron chi connectivity index (χ0n) is 7.07. The highest BCUT2D eigenvalue weighted by Gasteiger charge is 2.10. The van der Waals surface area contributed by atoms with Crippen LogP contribution in [0.15, 0.2) is 24.4 Å². The molecule has 2 aromatic heterocycles. The Morgan fingerprint density at radius 1 is 1.43 bits per heavy atom. The van der Waals surface area contributed by atoms with Gasteiger partial charge in [0.1, 0.15) is 10.8 Å². The molecule has 0 atom stereocenters. The fourth-order valence-electron chi connectivity index (χ4n) is 0.899. The van der Waals surface area contributed by atoms with Crippen LogP contribution in [0.25, 0.3) is 0 Å². The average molecular weight is 211 g/mol. The van der Waals surface area contributed by atoms with Crippen LogP contribution in [-0.2, 0) is 0 Å². The summed E-state index contributed by atoms with van der Waals surface area (Å²) >= 11 is 5.79. The first-order chi connectivity index (χ1) is 6.77. The highest BCUT2D eigenvalue weighted by molar-refractivity contribution is 6.34. The van der Waals surface area contributed by atoms with E-state index < -0.39 is 0 Å². The minimum atomic E-state index is 0.225. The van der Waals surface area contributed by atoms with Gasteiger partial charge in [-0.3, -0.25) is 5.10 Å². The van der Waals surface area contributed by atoms with E-state index in [4.69, 9.17) is 22.1 Å². The lowest BCUT2D eigenvalue weighted by Crippen LogP contribution is -1.87. The zero-order valence-corrected chi connectivity index (χ0v) is 7.82. The molecule has 3 N–H and O–H groups in total. The van der Waals surface area contributed by atoms with Crippen LogP contribution in [0.4, 0.5) is 5.82 Å². The topological polar surface area (TPSA) is 76.8 Å². The molecule has 0 amide bonds. The van der Waals surface area contributed by atoms with Gasteiger partial charge in [0.2, 0.25) is 5.88 Å². The van der Waals surface area contributed by atoms with Crippen LogP contribution in [0.1, 0.15) is 0 Å². The number of pyridine rings is 1. The van der Waals surface area contributed by atoms with Gasteiger partial charge in [-0.25, -0.2) is 4.98 Å². The number of aromatic amines is 1. The molecule has 0 saturated heterocycles. The monoisotopic (exact) mass is 210 g/mol. The van der Waals surface area contributed by atoms with Gasteiger partial charge in [-0.05, 0) is 6.07 Å². The minimum Gasteiger partial charge on any atom is -0.417 e. The molecular formula is C8H7ClN4O. The van der Waals surface area contributed by atoms with E-state index in [-0.39, 0.29) is 16.7 Å². The molecule has 6 heteroatoms. The number of hydrogen-bond acceptors (Lipinski definition) is 4. The second-order valence-electron chi connectivity index (χ2n) is 2.53. The van der Waals surface area contributed by atoms with E-state index in [9.17, 15) is 0 Å². The van der Waals surface area contributed by atoms with Gasteiger partial charge in [0.05, 0.1) is 0 Å². The zero-order chi connectivity index (χ0) is 9.97. The number of nitrogens with one attached hydrogen (secondary N) is 1. The quantitative estimate of drug-likeness (QED) is 0.793. The SMILES string of the molecule is Nc1[nH]nc(Oc2ccccn2)c1Cl. The fraction of sp³-hybridized carbons (Fsp3) is 0. The van der Waals surface area contributed by atoms with Crippen molar-refractivity contribution in [1.29, 1.82) is 0 Å². The van der Waals surface area contributed by atoms with E-state index in [2.05, 4.69) is 15.2 Å². The summed E-state index contributed by atoms with van der Waals surface area (Å²) in [5, 5.41) is 6.53. The summed E-state index contributed by atoms with van der Waals surface area (Å²) in [6, 6.07) is 5.28. The Balaban J connectivity index is 2.23. The lowest BCUT2D eigenvalue weighted by Gasteiger charge is -1.99. The summed E-state index contributed by atoms with van der Waals surface area (Å²) in [5.74, 6) is 0.918. The molecule has 0 aromatic carbocycles. The maximum Gasteiger partial charge on any atom is 0.260 e. The molecule has 0 bridgehead atoms. The first-order valence-corrected chi connectivity index (χ1v) is 4.23. The minimum absolute atomic E-state index is 0.225. The molecule has 0 radical (unpaired) electrons. The van der Waals surface area contributed by atoms with Crippen LogP contribution in [0, 0.1) is 0 Å². The van der Waals surface area contributed by atoms with Crippen LogP contribution in [0.5, 0.6) is 11.8 Å². The van der Waals surface area contributed by atoms with Crippen molar-refractivity contribution in [3.8, 4) is 11.8 Å². The Bertz CT molecular complexity index is 428. The van der Waals surface area contributed by atoms with Gasteiger partial charge in [0, 0.05) is 12.3 Å². The van der Waals surface area contributed by atoms with Gasteiger partial charge in [0.15, 0.2) is 0 Å². The van der Waals surface area contributed by atoms with E-state index in [1.54, 1.807) is 24.4 Å². The number of nitrogens with two attached hydrogens (primary N) is 1. The molecular weight excluding hydrogens is 204 g/mol. The van der Waals surface area contributed by atoms with E-state index in [0.717, 1.165) is 0 Å². The van der Waals surface area contributed by atoms with E-state index in [1.807, 2.05) is 0 Å². The molecule has 5 nitrogen and oxygen atoms in total. The maximum absolute atomic E-state index is 5.79. The Kier molecular flexibility index (Phi) is 2.24. The van der Waals surface area contributed by atoms with Crippen molar-refractivity contribution in [3.63, 3.8) is 0 Å². The van der Waals surface area contributed by atoms with Gasteiger partial charge in [0.25, 0.3) is 5.88 Å². The van der Waals surface area contributed by atoms with Crippen molar-refractivity contribution in [2.24, 2.45) is 0 Å². The van der Waals surface area contributed by atoms with Crippen molar-refractivity contribution in [1.82, 2.24) is 15.2 Å². The van der Waals surface area contributed by atoms with Crippen LogP contribution < -0.4 is 10.5 Å². The van der Waals surface area contributed by atoms with Gasteiger partial charge in [-0.2, -0.15) is 0 Å². The summed E-state index contributed by atoms with van der Waals surface area (Å²) < 4.78 is 5.26. The molecule has 0 saturated carbocycles. The van der Waals surface area contributed by atoms with E-state index in [1.165, 1.54) is 0 Å².